The third kappa shape index (κ3) is 4.99. The summed E-state index contributed by atoms with van der Waals surface area (Å²) in [7, 11) is 1.45. The number of methoxy groups -OCH3 is 1. The predicted octanol–water partition coefficient (Wildman–Crippen LogP) is 5.72. The second-order valence-electron chi connectivity index (χ2n) is 7.67. The lowest BCUT2D eigenvalue weighted by molar-refractivity contribution is 0.102. The van der Waals surface area contributed by atoms with Crippen LogP contribution in [0.3, 0.4) is 0 Å². The van der Waals surface area contributed by atoms with E-state index in [9.17, 15) is 9.18 Å². The average Bonchev–Trinajstić information content (AvgIpc) is 3.32. The molecule has 2 N–H and O–H groups in total. The Bertz CT molecular complexity index is 1340. The Morgan fingerprint density at radius 1 is 1.18 bits per heavy atom. The maximum atomic E-state index is 13.9. The molecular formula is C24H22ClFN6O2. The van der Waals surface area contributed by atoms with Gasteiger partial charge in [0.25, 0.3) is 5.91 Å². The molecule has 4 rings (SSSR count). The summed E-state index contributed by atoms with van der Waals surface area (Å²) < 4.78 is 21.1. The van der Waals surface area contributed by atoms with E-state index in [-0.39, 0.29) is 17.3 Å². The van der Waals surface area contributed by atoms with Crippen molar-refractivity contribution in [2.24, 2.45) is 0 Å². The van der Waals surface area contributed by atoms with Crippen LogP contribution in [-0.4, -0.2) is 32.8 Å². The molecule has 0 unspecified atom stereocenters. The monoisotopic (exact) mass is 480 g/mol. The Kier molecular flexibility index (Phi) is 6.74. The highest BCUT2D eigenvalue weighted by Crippen LogP contribution is 2.29. The normalized spacial score (nSPS) is 10.9. The van der Waals surface area contributed by atoms with Crippen LogP contribution in [0.2, 0.25) is 5.02 Å². The largest absolute Gasteiger partial charge is 0.496 e. The Balaban J connectivity index is 1.56. The highest BCUT2D eigenvalue weighted by molar-refractivity contribution is 6.32. The van der Waals surface area contributed by atoms with E-state index >= 15 is 0 Å². The lowest BCUT2D eigenvalue weighted by Crippen LogP contribution is -2.14. The fourth-order valence-corrected chi connectivity index (χ4v) is 3.41. The van der Waals surface area contributed by atoms with Crippen molar-refractivity contribution in [2.75, 3.05) is 17.7 Å². The molecule has 0 aliphatic rings. The molecule has 4 aromatic rings. The molecule has 0 fully saturated rings. The summed E-state index contributed by atoms with van der Waals surface area (Å²) >= 11 is 6.32. The molecule has 0 aliphatic carbocycles. The number of nitrogens with one attached hydrogen (secondary N) is 2. The van der Waals surface area contributed by atoms with Gasteiger partial charge in [0.2, 0.25) is 5.95 Å². The molecule has 0 aliphatic heterocycles. The third-order valence-corrected chi connectivity index (χ3v) is 5.25. The molecule has 1 amide bonds. The molecule has 0 bridgehead atoms. The topological polar surface area (TPSA) is 94.0 Å². The number of nitrogens with zero attached hydrogens (tertiary/aromatic N) is 4. The van der Waals surface area contributed by atoms with Gasteiger partial charge in [-0.25, -0.2) is 14.4 Å². The number of amides is 1. The van der Waals surface area contributed by atoms with Crippen LogP contribution in [0, 0.1) is 5.82 Å². The van der Waals surface area contributed by atoms with E-state index in [1.54, 1.807) is 36.5 Å². The zero-order chi connectivity index (χ0) is 24.2. The van der Waals surface area contributed by atoms with E-state index in [0.29, 0.717) is 28.1 Å². The maximum absolute atomic E-state index is 13.9. The first kappa shape index (κ1) is 23.2. The molecule has 0 saturated heterocycles. The van der Waals surface area contributed by atoms with Gasteiger partial charge in [0.15, 0.2) is 0 Å². The molecule has 34 heavy (non-hydrogen) atoms. The van der Waals surface area contributed by atoms with Gasteiger partial charge in [-0.1, -0.05) is 23.7 Å². The van der Waals surface area contributed by atoms with E-state index < -0.39 is 11.7 Å². The predicted molar refractivity (Wildman–Crippen MR) is 129 cm³/mol. The van der Waals surface area contributed by atoms with Gasteiger partial charge < -0.3 is 15.4 Å². The van der Waals surface area contributed by atoms with Crippen LogP contribution in [0.5, 0.6) is 5.75 Å². The van der Waals surface area contributed by atoms with Crippen LogP contribution in [0.1, 0.15) is 30.2 Å². The number of benzene rings is 2. The van der Waals surface area contributed by atoms with Gasteiger partial charge in [-0.3, -0.25) is 9.48 Å². The van der Waals surface area contributed by atoms with Crippen molar-refractivity contribution < 1.29 is 13.9 Å². The minimum Gasteiger partial charge on any atom is -0.496 e. The molecule has 2 aromatic heterocycles. The lowest BCUT2D eigenvalue weighted by atomic mass is 10.1. The van der Waals surface area contributed by atoms with Gasteiger partial charge in [-0.05, 0) is 38.1 Å². The van der Waals surface area contributed by atoms with Gasteiger partial charge >= 0.3 is 0 Å². The number of para-hydroxylation sites is 1. The first-order chi connectivity index (χ1) is 16.4. The number of anilines is 3. The van der Waals surface area contributed by atoms with E-state index in [0.717, 1.165) is 5.56 Å². The molecule has 10 heteroatoms. The first-order valence-corrected chi connectivity index (χ1v) is 10.8. The molecule has 0 spiro atoms. The quantitative estimate of drug-likeness (QED) is 0.351. The summed E-state index contributed by atoms with van der Waals surface area (Å²) in [6, 6.07) is 11.0. The summed E-state index contributed by atoms with van der Waals surface area (Å²) in [5.41, 5.74) is 2.22. The number of rotatable bonds is 7. The summed E-state index contributed by atoms with van der Waals surface area (Å²) in [6.45, 7) is 4.05. The van der Waals surface area contributed by atoms with Gasteiger partial charge in [0, 0.05) is 29.6 Å². The van der Waals surface area contributed by atoms with Crippen molar-refractivity contribution in [3.63, 3.8) is 0 Å². The maximum Gasteiger partial charge on any atom is 0.259 e. The van der Waals surface area contributed by atoms with E-state index in [1.165, 1.54) is 25.4 Å². The van der Waals surface area contributed by atoms with Crippen LogP contribution < -0.4 is 15.4 Å². The number of hydrogen-bond acceptors (Lipinski definition) is 6. The fourth-order valence-electron chi connectivity index (χ4n) is 3.21. The van der Waals surface area contributed by atoms with Crippen LogP contribution in [-0.2, 0) is 0 Å². The van der Waals surface area contributed by atoms with Crippen molar-refractivity contribution in [2.45, 2.75) is 19.9 Å². The van der Waals surface area contributed by atoms with Gasteiger partial charge in [-0.2, -0.15) is 5.10 Å². The summed E-state index contributed by atoms with van der Waals surface area (Å²) in [5, 5.41) is 10.4. The Morgan fingerprint density at radius 2 is 1.97 bits per heavy atom. The highest BCUT2D eigenvalue weighted by atomic mass is 35.5. The number of ether oxygens (including phenoxy) is 1. The molecule has 174 valence electrons. The van der Waals surface area contributed by atoms with Gasteiger partial charge in [0.1, 0.15) is 11.6 Å². The van der Waals surface area contributed by atoms with Crippen LogP contribution in [0.25, 0.3) is 11.3 Å². The molecule has 0 atom stereocenters. The van der Waals surface area contributed by atoms with Crippen molar-refractivity contribution in [3.05, 3.63) is 77.5 Å². The average molecular weight is 481 g/mol. The minimum atomic E-state index is -0.525. The van der Waals surface area contributed by atoms with Crippen LogP contribution in [0.15, 0.2) is 61.1 Å². The zero-order valence-electron chi connectivity index (χ0n) is 18.7. The lowest BCUT2D eigenvalue weighted by Gasteiger charge is -2.13. The van der Waals surface area contributed by atoms with Gasteiger partial charge in [-0.15, -0.1) is 0 Å². The molecule has 2 heterocycles. The summed E-state index contributed by atoms with van der Waals surface area (Å²) in [6.07, 6.45) is 5.07. The van der Waals surface area contributed by atoms with E-state index in [4.69, 9.17) is 16.3 Å². The smallest absolute Gasteiger partial charge is 0.259 e. The standard InChI is InChI=1S/C24H22ClFN6O2/c1-14(2)32-13-15(11-28-32)22-18(25)12-27-24(31-22)29-16-8-9-17(21(10-16)34-3)23(33)30-20-7-5-4-6-19(20)26/h4-14H,1-3H3,(H,30,33)(H,27,29,31). The number of halogens is 2. The van der Waals surface area contributed by atoms with Gasteiger partial charge in [0.05, 0.1) is 41.5 Å². The Hall–Kier alpha value is -3.98. The SMILES string of the molecule is COc1cc(Nc2ncc(Cl)c(-c3cnn(C(C)C)c3)n2)ccc1C(=O)Nc1ccccc1F. The Labute approximate surface area is 200 Å². The molecular weight excluding hydrogens is 459 g/mol. The van der Waals surface area contributed by atoms with Crippen LogP contribution in [0.4, 0.5) is 21.7 Å². The number of aromatic nitrogens is 4. The molecule has 8 nitrogen and oxygen atoms in total. The van der Waals surface area contributed by atoms with E-state index in [1.807, 2.05) is 24.7 Å². The van der Waals surface area contributed by atoms with E-state index in [2.05, 4.69) is 25.7 Å². The van der Waals surface area contributed by atoms with Crippen molar-refractivity contribution in [1.82, 2.24) is 19.7 Å². The third-order valence-electron chi connectivity index (χ3n) is 4.97. The van der Waals surface area contributed by atoms with Crippen molar-refractivity contribution in [3.8, 4) is 17.0 Å². The second kappa shape index (κ2) is 9.88. The zero-order valence-corrected chi connectivity index (χ0v) is 19.5. The second-order valence-corrected chi connectivity index (χ2v) is 8.07. The molecule has 0 radical (unpaired) electrons. The number of carbonyl (C=O) groups is 1. The summed E-state index contributed by atoms with van der Waals surface area (Å²) in [5.74, 6) is -0.419. The van der Waals surface area contributed by atoms with Crippen molar-refractivity contribution >= 4 is 34.8 Å². The Morgan fingerprint density at radius 3 is 2.68 bits per heavy atom. The fraction of sp³-hybridized carbons (Fsp3) is 0.167. The van der Waals surface area contributed by atoms with Crippen LogP contribution >= 0.6 is 11.6 Å². The molecule has 0 saturated carbocycles. The highest BCUT2D eigenvalue weighted by Gasteiger charge is 2.16. The molecule has 2 aromatic carbocycles. The van der Waals surface area contributed by atoms with Crippen molar-refractivity contribution in [1.29, 1.82) is 0 Å². The number of hydrogen-bond donors (Lipinski definition) is 2. The minimum absolute atomic E-state index is 0.0830. The first-order valence-electron chi connectivity index (χ1n) is 10.4. The number of carbonyl (C=O) groups excluding carboxylic acids is 1. The summed E-state index contributed by atoms with van der Waals surface area (Å²) in [4.78, 5) is 21.4.